The van der Waals surface area contributed by atoms with Gasteiger partial charge in [0.25, 0.3) is 5.91 Å². The lowest BCUT2D eigenvalue weighted by molar-refractivity contribution is -0.146. The molecule has 2 amide bonds. The summed E-state index contributed by atoms with van der Waals surface area (Å²) in [6, 6.07) is 7.59. The first-order chi connectivity index (χ1) is 10.1. The number of hydrogen-bond donors (Lipinski definition) is 1. The Bertz CT molecular complexity index is 516. The maximum atomic E-state index is 12.3. The minimum absolute atomic E-state index is 0.0275. The topological polar surface area (TPSA) is 58.6 Å². The van der Waals surface area contributed by atoms with Gasteiger partial charge in [-0.15, -0.1) is 0 Å². The standard InChI is InChI=1S/C16H22N2O3/c1-3-13(21-14-9-5-4-8-12(14)2)16(20)17-18-11-7-6-10-15(18)19/h4-5,8-9,13H,3,6-7,10-11H2,1-2H3,(H,17,20). The molecule has 1 unspecified atom stereocenters. The van der Waals surface area contributed by atoms with Gasteiger partial charge in [-0.1, -0.05) is 25.1 Å². The van der Waals surface area contributed by atoms with Crippen molar-refractivity contribution in [1.29, 1.82) is 0 Å². The molecule has 1 aliphatic heterocycles. The minimum Gasteiger partial charge on any atom is -0.480 e. The van der Waals surface area contributed by atoms with Crippen molar-refractivity contribution < 1.29 is 14.3 Å². The van der Waals surface area contributed by atoms with Gasteiger partial charge in [-0.05, 0) is 37.8 Å². The van der Waals surface area contributed by atoms with Crippen molar-refractivity contribution in [3.05, 3.63) is 29.8 Å². The van der Waals surface area contributed by atoms with E-state index in [-0.39, 0.29) is 11.8 Å². The van der Waals surface area contributed by atoms with Crippen molar-refractivity contribution in [2.45, 2.75) is 45.6 Å². The highest BCUT2D eigenvalue weighted by Crippen LogP contribution is 2.19. The molecule has 0 spiro atoms. The summed E-state index contributed by atoms with van der Waals surface area (Å²) in [5.74, 6) is 0.404. The van der Waals surface area contributed by atoms with Crippen LogP contribution in [0.4, 0.5) is 0 Å². The highest BCUT2D eigenvalue weighted by Gasteiger charge is 2.25. The van der Waals surface area contributed by atoms with E-state index in [2.05, 4.69) is 5.43 Å². The van der Waals surface area contributed by atoms with Crippen LogP contribution >= 0.6 is 0 Å². The first-order valence-electron chi connectivity index (χ1n) is 7.45. The Hall–Kier alpha value is -2.04. The summed E-state index contributed by atoms with van der Waals surface area (Å²) in [6.45, 7) is 4.40. The molecule has 0 bridgehead atoms. The van der Waals surface area contributed by atoms with Crippen LogP contribution in [0.25, 0.3) is 0 Å². The van der Waals surface area contributed by atoms with E-state index in [1.807, 2.05) is 38.1 Å². The van der Waals surface area contributed by atoms with E-state index >= 15 is 0 Å². The Kier molecular flexibility index (Phi) is 5.20. The lowest BCUT2D eigenvalue weighted by atomic mass is 10.1. The fourth-order valence-corrected chi connectivity index (χ4v) is 2.29. The van der Waals surface area contributed by atoms with Crippen molar-refractivity contribution in [2.75, 3.05) is 6.54 Å². The summed E-state index contributed by atoms with van der Waals surface area (Å²) in [6.07, 6.45) is 2.25. The quantitative estimate of drug-likeness (QED) is 0.904. The molecule has 114 valence electrons. The first-order valence-corrected chi connectivity index (χ1v) is 7.45. The number of carbonyl (C=O) groups excluding carboxylic acids is 2. The second-order valence-electron chi connectivity index (χ2n) is 5.26. The number of nitrogens with one attached hydrogen (secondary N) is 1. The van der Waals surface area contributed by atoms with Gasteiger partial charge < -0.3 is 4.74 Å². The van der Waals surface area contributed by atoms with Crippen molar-refractivity contribution in [3.8, 4) is 5.75 Å². The van der Waals surface area contributed by atoms with E-state index in [0.29, 0.717) is 25.1 Å². The summed E-state index contributed by atoms with van der Waals surface area (Å²) in [5.41, 5.74) is 3.66. The zero-order chi connectivity index (χ0) is 15.2. The van der Waals surface area contributed by atoms with Crippen molar-refractivity contribution in [3.63, 3.8) is 0 Å². The molecule has 5 nitrogen and oxygen atoms in total. The van der Waals surface area contributed by atoms with Crippen LogP contribution in [-0.4, -0.2) is 29.5 Å². The summed E-state index contributed by atoms with van der Waals surface area (Å²) in [4.78, 5) is 24.0. The van der Waals surface area contributed by atoms with E-state index in [0.717, 1.165) is 18.4 Å². The zero-order valence-corrected chi connectivity index (χ0v) is 12.6. The van der Waals surface area contributed by atoms with Crippen molar-refractivity contribution in [2.24, 2.45) is 0 Å². The second-order valence-corrected chi connectivity index (χ2v) is 5.26. The molecule has 2 rings (SSSR count). The molecule has 1 aliphatic rings. The fourth-order valence-electron chi connectivity index (χ4n) is 2.29. The highest BCUT2D eigenvalue weighted by atomic mass is 16.5. The van der Waals surface area contributed by atoms with Crippen LogP contribution in [-0.2, 0) is 9.59 Å². The van der Waals surface area contributed by atoms with Crippen LogP contribution in [0.3, 0.4) is 0 Å². The average Bonchev–Trinajstić information content (AvgIpc) is 2.48. The smallest absolute Gasteiger partial charge is 0.279 e. The Labute approximate surface area is 125 Å². The van der Waals surface area contributed by atoms with E-state index < -0.39 is 6.10 Å². The van der Waals surface area contributed by atoms with Gasteiger partial charge in [0.2, 0.25) is 5.91 Å². The third-order valence-corrected chi connectivity index (χ3v) is 3.59. The molecule has 1 aromatic carbocycles. The molecule has 1 fully saturated rings. The van der Waals surface area contributed by atoms with Crippen LogP contribution in [0, 0.1) is 6.92 Å². The predicted octanol–water partition coefficient (Wildman–Crippen LogP) is 2.20. The molecule has 1 N–H and O–H groups in total. The summed E-state index contributed by atoms with van der Waals surface area (Å²) >= 11 is 0. The molecular formula is C16H22N2O3. The van der Waals surface area contributed by atoms with E-state index in [9.17, 15) is 9.59 Å². The number of ether oxygens (including phenoxy) is 1. The van der Waals surface area contributed by atoms with Gasteiger partial charge >= 0.3 is 0 Å². The number of para-hydroxylation sites is 1. The molecule has 0 saturated carbocycles. The third-order valence-electron chi connectivity index (χ3n) is 3.59. The lowest BCUT2D eigenvalue weighted by Gasteiger charge is -2.28. The summed E-state index contributed by atoms with van der Waals surface area (Å²) in [7, 11) is 0. The fraction of sp³-hybridized carbons (Fsp3) is 0.500. The van der Waals surface area contributed by atoms with Gasteiger partial charge in [0.1, 0.15) is 5.75 Å². The van der Waals surface area contributed by atoms with Crippen LogP contribution < -0.4 is 10.2 Å². The molecule has 0 aromatic heterocycles. The summed E-state index contributed by atoms with van der Waals surface area (Å²) in [5, 5.41) is 1.41. The Morgan fingerprint density at radius 1 is 1.38 bits per heavy atom. The number of rotatable bonds is 5. The number of aryl methyl sites for hydroxylation is 1. The molecule has 1 atom stereocenters. The Morgan fingerprint density at radius 2 is 2.14 bits per heavy atom. The van der Waals surface area contributed by atoms with Gasteiger partial charge in [-0.25, -0.2) is 0 Å². The van der Waals surface area contributed by atoms with Gasteiger partial charge in [0.05, 0.1) is 0 Å². The first kappa shape index (κ1) is 15.4. The van der Waals surface area contributed by atoms with E-state index in [1.54, 1.807) is 0 Å². The second kappa shape index (κ2) is 7.11. The van der Waals surface area contributed by atoms with Crippen LogP contribution in [0.1, 0.15) is 38.2 Å². The molecule has 0 radical (unpaired) electrons. The maximum Gasteiger partial charge on any atom is 0.279 e. The SMILES string of the molecule is CCC(Oc1ccccc1C)C(=O)NN1CCCCC1=O. The molecular weight excluding hydrogens is 268 g/mol. The molecule has 5 heteroatoms. The maximum absolute atomic E-state index is 12.3. The molecule has 1 saturated heterocycles. The largest absolute Gasteiger partial charge is 0.480 e. The molecule has 21 heavy (non-hydrogen) atoms. The highest BCUT2D eigenvalue weighted by molar-refractivity contribution is 5.85. The van der Waals surface area contributed by atoms with Gasteiger partial charge in [0.15, 0.2) is 6.10 Å². The van der Waals surface area contributed by atoms with Gasteiger partial charge in [-0.3, -0.25) is 20.0 Å². The Balaban J connectivity index is 1.98. The molecule has 0 aliphatic carbocycles. The molecule has 1 aromatic rings. The number of nitrogens with zero attached hydrogens (tertiary/aromatic N) is 1. The van der Waals surface area contributed by atoms with E-state index in [4.69, 9.17) is 4.74 Å². The zero-order valence-electron chi connectivity index (χ0n) is 12.6. The number of hydrogen-bond acceptors (Lipinski definition) is 3. The summed E-state index contributed by atoms with van der Waals surface area (Å²) < 4.78 is 5.78. The normalized spacial score (nSPS) is 16.5. The third kappa shape index (κ3) is 3.97. The number of hydrazine groups is 1. The van der Waals surface area contributed by atoms with Crippen LogP contribution in [0.2, 0.25) is 0 Å². The lowest BCUT2D eigenvalue weighted by Crippen LogP contribution is -2.52. The number of benzene rings is 1. The van der Waals surface area contributed by atoms with E-state index in [1.165, 1.54) is 5.01 Å². The average molecular weight is 290 g/mol. The number of piperidine rings is 1. The van der Waals surface area contributed by atoms with Crippen LogP contribution in [0.15, 0.2) is 24.3 Å². The Morgan fingerprint density at radius 3 is 2.81 bits per heavy atom. The van der Waals surface area contributed by atoms with Crippen molar-refractivity contribution >= 4 is 11.8 Å². The molecule has 1 heterocycles. The van der Waals surface area contributed by atoms with Crippen LogP contribution in [0.5, 0.6) is 5.75 Å². The monoisotopic (exact) mass is 290 g/mol. The predicted molar refractivity (Wildman–Crippen MR) is 79.6 cm³/mol. The van der Waals surface area contributed by atoms with Gasteiger partial charge in [-0.2, -0.15) is 0 Å². The van der Waals surface area contributed by atoms with Gasteiger partial charge in [0, 0.05) is 13.0 Å². The van der Waals surface area contributed by atoms with Crippen molar-refractivity contribution in [1.82, 2.24) is 10.4 Å². The minimum atomic E-state index is -0.596. The number of amides is 2. The number of carbonyl (C=O) groups is 2.